The quantitative estimate of drug-likeness (QED) is 0.768. The third kappa shape index (κ3) is 2.63. The van der Waals surface area contributed by atoms with Crippen LogP contribution in [0, 0.1) is 0 Å². The van der Waals surface area contributed by atoms with Gasteiger partial charge in [-0.1, -0.05) is 19.7 Å². The molecule has 0 aliphatic heterocycles. The first-order valence-electron chi connectivity index (χ1n) is 5.33. The van der Waals surface area contributed by atoms with Crippen molar-refractivity contribution in [2.45, 2.75) is 38.3 Å². The fraction of sp³-hybridized carbons (Fsp3) is 0.545. The van der Waals surface area contributed by atoms with Crippen molar-refractivity contribution in [1.82, 2.24) is 9.71 Å². The average molecular weight is 224 g/mol. The molecule has 0 atom stereocenters. The molecule has 1 aromatic heterocycles. The Hall–Kier alpha value is -0.740. The summed E-state index contributed by atoms with van der Waals surface area (Å²) in [5, 5.41) is 0. The molecule has 1 fully saturated rings. The molecule has 0 spiro atoms. The Bertz CT molecular complexity index is 326. The van der Waals surface area contributed by atoms with E-state index in [2.05, 4.69) is 29.4 Å². The lowest BCUT2D eigenvalue weighted by Crippen LogP contribution is -2.43. The van der Waals surface area contributed by atoms with Gasteiger partial charge in [0.25, 0.3) is 0 Å². The minimum Gasteiger partial charge on any atom is -0.474 e. The highest BCUT2D eigenvalue weighted by Crippen LogP contribution is 2.25. The second-order valence-electron chi connectivity index (χ2n) is 3.89. The van der Waals surface area contributed by atoms with Gasteiger partial charge in [0.1, 0.15) is 6.10 Å². The van der Waals surface area contributed by atoms with Crippen molar-refractivity contribution < 1.29 is 4.74 Å². The number of nitrogens with one attached hydrogen (secondary N) is 1. The lowest BCUT2D eigenvalue weighted by Gasteiger charge is -2.34. The third-order valence-corrected chi connectivity index (χ3v) is 3.14. The van der Waals surface area contributed by atoms with E-state index in [4.69, 9.17) is 4.74 Å². The zero-order valence-electron chi connectivity index (χ0n) is 8.81. The van der Waals surface area contributed by atoms with Crippen LogP contribution in [0.5, 0.6) is 5.88 Å². The second kappa shape index (κ2) is 4.86. The summed E-state index contributed by atoms with van der Waals surface area (Å²) < 4.78 is 8.67. The van der Waals surface area contributed by atoms with Crippen LogP contribution in [0.1, 0.15) is 25.3 Å². The third-order valence-electron chi connectivity index (χ3n) is 2.77. The number of aromatic nitrogens is 1. The van der Waals surface area contributed by atoms with Crippen molar-refractivity contribution in [2.24, 2.45) is 0 Å². The van der Waals surface area contributed by atoms with Gasteiger partial charge in [0.05, 0.1) is 0 Å². The Balaban J connectivity index is 1.88. The van der Waals surface area contributed by atoms with E-state index in [9.17, 15) is 0 Å². The van der Waals surface area contributed by atoms with E-state index in [1.165, 1.54) is 5.56 Å². The van der Waals surface area contributed by atoms with Crippen LogP contribution in [0.4, 0.5) is 0 Å². The molecule has 0 saturated heterocycles. The highest BCUT2D eigenvalue weighted by Gasteiger charge is 2.30. The summed E-state index contributed by atoms with van der Waals surface area (Å²) in [4.78, 5) is 4.20. The molecule has 3 nitrogen and oxygen atoms in total. The number of aryl methyl sites for hydroxylation is 1. The Morgan fingerprint density at radius 3 is 3.07 bits per heavy atom. The molecule has 0 radical (unpaired) electrons. The average Bonchev–Trinajstić information content (AvgIpc) is 2.23. The number of rotatable bonds is 4. The molecule has 4 heteroatoms. The Morgan fingerprint density at radius 1 is 1.60 bits per heavy atom. The summed E-state index contributed by atoms with van der Waals surface area (Å²) in [7, 11) is 0. The fourth-order valence-electron chi connectivity index (χ4n) is 1.67. The normalized spacial score (nSPS) is 24.7. The standard InChI is InChI=1S/C11H16N2OS/c1-2-8-3-4-12-11(5-8)14-10-6-9(7-10)13-15/h3-5,9-10,13,15H,2,6-7H2,1H3. The summed E-state index contributed by atoms with van der Waals surface area (Å²) in [5.41, 5.74) is 1.27. The van der Waals surface area contributed by atoms with E-state index >= 15 is 0 Å². The summed E-state index contributed by atoms with van der Waals surface area (Å²) in [5.74, 6) is 0.747. The minimum atomic E-state index is 0.300. The fourth-order valence-corrected chi connectivity index (χ4v) is 1.88. The van der Waals surface area contributed by atoms with E-state index in [1.54, 1.807) is 6.20 Å². The monoisotopic (exact) mass is 224 g/mol. The molecule has 1 aliphatic carbocycles. The highest BCUT2D eigenvalue weighted by atomic mass is 32.1. The van der Waals surface area contributed by atoms with Gasteiger partial charge in [-0.05, 0) is 18.1 Å². The van der Waals surface area contributed by atoms with Crippen LogP contribution in [0.15, 0.2) is 18.3 Å². The zero-order valence-corrected chi connectivity index (χ0v) is 9.71. The predicted molar refractivity (Wildman–Crippen MR) is 63.2 cm³/mol. The summed E-state index contributed by atoms with van der Waals surface area (Å²) in [6.45, 7) is 2.13. The van der Waals surface area contributed by atoms with Gasteiger partial charge in [0.2, 0.25) is 5.88 Å². The number of hydrogen-bond donors (Lipinski definition) is 2. The molecule has 0 aromatic carbocycles. The SMILES string of the molecule is CCc1ccnc(OC2CC(NS)C2)c1. The molecule has 1 heterocycles. The predicted octanol–water partition coefficient (Wildman–Crippen LogP) is 1.99. The lowest BCUT2D eigenvalue weighted by atomic mass is 9.90. The lowest BCUT2D eigenvalue weighted by molar-refractivity contribution is 0.0909. The van der Waals surface area contributed by atoms with Crippen LogP contribution < -0.4 is 9.46 Å². The first-order valence-corrected chi connectivity index (χ1v) is 5.77. The van der Waals surface area contributed by atoms with Gasteiger partial charge in [-0.3, -0.25) is 4.72 Å². The van der Waals surface area contributed by atoms with E-state index in [-0.39, 0.29) is 0 Å². The van der Waals surface area contributed by atoms with Gasteiger partial charge < -0.3 is 4.74 Å². The van der Waals surface area contributed by atoms with Crippen LogP contribution >= 0.6 is 12.8 Å². The zero-order chi connectivity index (χ0) is 10.7. The molecule has 1 aliphatic rings. The maximum Gasteiger partial charge on any atom is 0.213 e. The van der Waals surface area contributed by atoms with Crippen LogP contribution in [-0.2, 0) is 6.42 Å². The van der Waals surface area contributed by atoms with Crippen LogP contribution in [0.3, 0.4) is 0 Å². The van der Waals surface area contributed by atoms with E-state index in [0.29, 0.717) is 12.1 Å². The first kappa shape index (κ1) is 10.8. The topological polar surface area (TPSA) is 34.1 Å². The molecular weight excluding hydrogens is 208 g/mol. The molecule has 1 N–H and O–H groups in total. The Labute approximate surface area is 95.8 Å². The minimum absolute atomic E-state index is 0.300. The Kier molecular flexibility index (Phi) is 3.49. The second-order valence-corrected chi connectivity index (χ2v) is 4.15. The number of pyridine rings is 1. The van der Waals surface area contributed by atoms with Gasteiger partial charge >= 0.3 is 0 Å². The smallest absolute Gasteiger partial charge is 0.213 e. The van der Waals surface area contributed by atoms with Crippen LogP contribution in [0.2, 0.25) is 0 Å². The molecule has 15 heavy (non-hydrogen) atoms. The molecule has 0 amide bonds. The van der Waals surface area contributed by atoms with Crippen molar-refractivity contribution in [3.63, 3.8) is 0 Å². The molecule has 1 saturated carbocycles. The highest BCUT2D eigenvalue weighted by molar-refractivity contribution is 7.78. The summed E-state index contributed by atoms with van der Waals surface area (Å²) in [6, 6.07) is 4.53. The Morgan fingerprint density at radius 2 is 2.40 bits per heavy atom. The first-order chi connectivity index (χ1) is 7.31. The van der Waals surface area contributed by atoms with Crippen molar-refractivity contribution >= 4 is 12.8 Å². The van der Waals surface area contributed by atoms with Crippen molar-refractivity contribution in [1.29, 1.82) is 0 Å². The number of ether oxygens (including phenoxy) is 1. The van der Waals surface area contributed by atoms with E-state index in [1.807, 2.05) is 12.1 Å². The van der Waals surface area contributed by atoms with Crippen molar-refractivity contribution in [2.75, 3.05) is 0 Å². The maximum absolute atomic E-state index is 5.74. The number of hydrogen-bond acceptors (Lipinski definition) is 4. The molecular formula is C11H16N2OS. The molecule has 2 rings (SSSR count). The van der Waals surface area contributed by atoms with E-state index < -0.39 is 0 Å². The summed E-state index contributed by atoms with van der Waals surface area (Å²) in [6.07, 6.45) is 5.16. The van der Waals surface area contributed by atoms with Crippen molar-refractivity contribution in [3.05, 3.63) is 23.9 Å². The molecule has 82 valence electrons. The van der Waals surface area contributed by atoms with E-state index in [0.717, 1.165) is 25.1 Å². The molecule has 1 aromatic rings. The number of thiol groups is 1. The molecule has 0 bridgehead atoms. The van der Waals surface area contributed by atoms with Crippen LogP contribution in [-0.4, -0.2) is 17.1 Å². The maximum atomic E-state index is 5.74. The summed E-state index contributed by atoms with van der Waals surface area (Å²) >= 11 is 4.02. The molecule has 0 unspecified atom stereocenters. The van der Waals surface area contributed by atoms with Gasteiger partial charge in [0.15, 0.2) is 0 Å². The van der Waals surface area contributed by atoms with Crippen molar-refractivity contribution in [3.8, 4) is 5.88 Å². The van der Waals surface area contributed by atoms with Gasteiger partial charge in [-0.15, -0.1) is 0 Å². The van der Waals surface area contributed by atoms with Gasteiger partial charge in [0, 0.05) is 31.1 Å². The largest absolute Gasteiger partial charge is 0.474 e. The van der Waals surface area contributed by atoms with Gasteiger partial charge in [-0.25, -0.2) is 4.98 Å². The van der Waals surface area contributed by atoms with Gasteiger partial charge in [-0.2, -0.15) is 0 Å². The number of nitrogens with zero attached hydrogens (tertiary/aromatic N) is 1. The van der Waals surface area contributed by atoms with Crippen LogP contribution in [0.25, 0.3) is 0 Å².